The van der Waals surface area contributed by atoms with Gasteiger partial charge in [0.25, 0.3) is 5.91 Å². The fourth-order valence-corrected chi connectivity index (χ4v) is 2.24. The fourth-order valence-electron chi connectivity index (χ4n) is 2.24. The van der Waals surface area contributed by atoms with Gasteiger partial charge in [0.05, 0.1) is 0 Å². The Labute approximate surface area is 132 Å². The van der Waals surface area contributed by atoms with Gasteiger partial charge in [-0.05, 0) is 43.7 Å². The number of anilines is 1. The molecule has 0 aliphatic rings. The Bertz CT molecular complexity index is 874. The van der Waals surface area contributed by atoms with E-state index in [4.69, 9.17) is 4.42 Å². The molecule has 0 bridgehead atoms. The molecular weight excluding hydrogens is 297 g/mol. The van der Waals surface area contributed by atoms with E-state index in [1.54, 1.807) is 18.2 Å². The van der Waals surface area contributed by atoms with Gasteiger partial charge in [-0.15, -0.1) is 5.10 Å². The lowest BCUT2D eigenvalue weighted by Crippen LogP contribution is -2.13. The highest BCUT2D eigenvalue weighted by Crippen LogP contribution is 2.21. The monoisotopic (exact) mass is 311 g/mol. The second-order valence-corrected chi connectivity index (χ2v) is 5.20. The van der Waals surface area contributed by atoms with Crippen molar-refractivity contribution in [2.24, 2.45) is 0 Å². The summed E-state index contributed by atoms with van der Waals surface area (Å²) in [7, 11) is 0. The molecule has 23 heavy (non-hydrogen) atoms. The first-order chi connectivity index (χ1) is 11.0. The summed E-state index contributed by atoms with van der Waals surface area (Å²) in [5, 5.41) is 10.1. The van der Waals surface area contributed by atoms with Crippen LogP contribution in [0.25, 0.3) is 11.5 Å². The SMILES string of the molecule is Cc1ccc(C(=O)Nc2nnc(-c3cccc(F)c3)o2)c(C)c1. The van der Waals surface area contributed by atoms with E-state index in [0.717, 1.165) is 11.1 Å². The molecule has 0 atom stereocenters. The molecule has 0 unspecified atom stereocenters. The van der Waals surface area contributed by atoms with E-state index in [-0.39, 0.29) is 17.8 Å². The smallest absolute Gasteiger partial charge is 0.322 e. The average molecular weight is 311 g/mol. The Hall–Kier alpha value is -3.02. The number of rotatable bonds is 3. The van der Waals surface area contributed by atoms with Crippen LogP contribution in [-0.2, 0) is 0 Å². The molecule has 0 saturated heterocycles. The van der Waals surface area contributed by atoms with Crippen LogP contribution in [-0.4, -0.2) is 16.1 Å². The van der Waals surface area contributed by atoms with Crippen LogP contribution in [0, 0.1) is 19.7 Å². The third-order valence-corrected chi connectivity index (χ3v) is 3.34. The van der Waals surface area contributed by atoms with Crippen molar-refractivity contribution >= 4 is 11.9 Å². The molecule has 3 rings (SSSR count). The first-order valence-electron chi connectivity index (χ1n) is 7.01. The van der Waals surface area contributed by atoms with Crippen molar-refractivity contribution in [1.29, 1.82) is 0 Å². The number of aryl methyl sites for hydroxylation is 2. The maximum Gasteiger partial charge on any atom is 0.322 e. The standard InChI is InChI=1S/C17H14FN3O2/c1-10-6-7-14(11(2)8-10)15(22)19-17-21-20-16(23-17)12-4-3-5-13(18)9-12/h3-9H,1-2H3,(H,19,21,22). The molecule has 6 heteroatoms. The summed E-state index contributed by atoms with van der Waals surface area (Å²) < 4.78 is 18.6. The summed E-state index contributed by atoms with van der Waals surface area (Å²) in [6, 6.07) is 11.3. The Morgan fingerprint density at radius 2 is 1.96 bits per heavy atom. The number of amides is 1. The second kappa shape index (κ2) is 6.00. The Balaban J connectivity index is 1.80. The number of carbonyl (C=O) groups excluding carboxylic acids is 1. The third-order valence-electron chi connectivity index (χ3n) is 3.34. The quantitative estimate of drug-likeness (QED) is 0.800. The normalized spacial score (nSPS) is 10.6. The molecule has 2 aromatic carbocycles. The predicted octanol–water partition coefficient (Wildman–Crippen LogP) is 3.74. The van der Waals surface area contributed by atoms with Gasteiger partial charge in [0.15, 0.2) is 0 Å². The van der Waals surface area contributed by atoms with E-state index >= 15 is 0 Å². The van der Waals surface area contributed by atoms with Gasteiger partial charge in [0.2, 0.25) is 5.89 Å². The molecule has 0 aliphatic carbocycles. The molecule has 0 spiro atoms. The van der Waals surface area contributed by atoms with Crippen molar-refractivity contribution in [2.75, 3.05) is 5.32 Å². The van der Waals surface area contributed by atoms with Crippen molar-refractivity contribution < 1.29 is 13.6 Å². The van der Waals surface area contributed by atoms with Gasteiger partial charge >= 0.3 is 6.01 Å². The zero-order valence-electron chi connectivity index (χ0n) is 12.6. The highest BCUT2D eigenvalue weighted by Gasteiger charge is 2.14. The number of carbonyl (C=O) groups is 1. The number of benzene rings is 2. The van der Waals surface area contributed by atoms with Crippen molar-refractivity contribution in [3.63, 3.8) is 0 Å². The molecular formula is C17H14FN3O2. The van der Waals surface area contributed by atoms with E-state index in [1.165, 1.54) is 12.1 Å². The van der Waals surface area contributed by atoms with Gasteiger partial charge in [-0.3, -0.25) is 10.1 Å². The summed E-state index contributed by atoms with van der Waals surface area (Å²) in [5.74, 6) is -0.598. The van der Waals surface area contributed by atoms with Crippen LogP contribution in [0.15, 0.2) is 46.9 Å². The molecule has 0 saturated carbocycles. The molecule has 1 heterocycles. The summed E-state index contributed by atoms with van der Waals surface area (Å²) >= 11 is 0. The van der Waals surface area contributed by atoms with Crippen LogP contribution in [0.1, 0.15) is 21.5 Å². The Morgan fingerprint density at radius 3 is 2.70 bits per heavy atom. The third kappa shape index (κ3) is 3.26. The summed E-state index contributed by atoms with van der Waals surface area (Å²) in [6.07, 6.45) is 0. The lowest BCUT2D eigenvalue weighted by Gasteiger charge is -2.05. The van der Waals surface area contributed by atoms with Crippen molar-refractivity contribution in [1.82, 2.24) is 10.2 Å². The zero-order chi connectivity index (χ0) is 16.4. The minimum absolute atomic E-state index is 0.0331. The molecule has 1 N–H and O–H groups in total. The minimum Gasteiger partial charge on any atom is -0.403 e. The van der Waals surface area contributed by atoms with E-state index < -0.39 is 5.82 Å². The maximum absolute atomic E-state index is 13.2. The van der Waals surface area contributed by atoms with Gasteiger partial charge in [-0.25, -0.2) is 4.39 Å². The molecule has 0 radical (unpaired) electrons. The lowest BCUT2D eigenvalue weighted by atomic mass is 10.1. The highest BCUT2D eigenvalue weighted by atomic mass is 19.1. The summed E-state index contributed by atoms with van der Waals surface area (Å²) in [4.78, 5) is 12.2. The lowest BCUT2D eigenvalue weighted by molar-refractivity contribution is 0.102. The number of hydrogen-bond donors (Lipinski definition) is 1. The number of hydrogen-bond acceptors (Lipinski definition) is 4. The number of halogens is 1. The van der Waals surface area contributed by atoms with Gasteiger partial charge < -0.3 is 4.42 Å². The van der Waals surface area contributed by atoms with Crippen LogP contribution >= 0.6 is 0 Å². The summed E-state index contributed by atoms with van der Waals surface area (Å²) in [6.45, 7) is 3.81. The van der Waals surface area contributed by atoms with Gasteiger partial charge in [-0.1, -0.05) is 28.9 Å². The summed E-state index contributed by atoms with van der Waals surface area (Å²) in [5.41, 5.74) is 2.91. The van der Waals surface area contributed by atoms with E-state index in [0.29, 0.717) is 11.1 Å². The topological polar surface area (TPSA) is 68.0 Å². The van der Waals surface area contributed by atoms with E-state index in [9.17, 15) is 9.18 Å². The highest BCUT2D eigenvalue weighted by molar-refractivity contribution is 6.04. The largest absolute Gasteiger partial charge is 0.403 e. The van der Waals surface area contributed by atoms with E-state index in [2.05, 4.69) is 15.5 Å². The second-order valence-electron chi connectivity index (χ2n) is 5.20. The maximum atomic E-state index is 13.2. The Kier molecular flexibility index (Phi) is 3.89. The number of nitrogens with one attached hydrogen (secondary N) is 1. The minimum atomic E-state index is -0.401. The average Bonchev–Trinajstić information content (AvgIpc) is 2.95. The van der Waals surface area contributed by atoms with Gasteiger partial charge in [0.1, 0.15) is 5.82 Å². The molecule has 1 aromatic heterocycles. The molecule has 116 valence electrons. The zero-order valence-corrected chi connectivity index (χ0v) is 12.6. The van der Waals surface area contributed by atoms with Crippen LogP contribution in [0.3, 0.4) is 0 Å². The predicted molar refractivity (Wildman–Crippen MR) is 83.6 cm³/mol. The van der Waals surface area contributed by atoms with Crippen molar-refractivity contribution in [3.05, 3.63) is 65.0 Å². The molecule has 3 aromatic rings. The Morgan fingerprint density at radius 1 is 1.13 bits per heavy atom. The molecule has 0 aliphatic heterocycles. The van der Waals surface area contributed by atoms with Crippen molar-refractivity contribution in [2.45, 2.75) is 13.8 Å². The molecule has 5 nitrogen and oxygen atoms in total. The number of nitrogens with zero attached hydrogens (tertiary/aromatic N) is 2. The van der Waals surface area contributed by atoms with Crippen LogP contribution in [0.2, 0.25) is 0 Å². The molecule has 1 amide bonds. The van der Waals surface area contributed by atoms with Crippen molar-refractivity contribution in [3.8, 4) is 11.5 Å². The van der Waals surface area contributed by atoms with Crippen LogP contribution < -0.4 is 5.32 Å². The van der Waals surface area contributed by atoms with E-state index in [1.807, 2.05) is 26.0 Å². The van der Waals surface area contributed by atoms with Crippen LogP contribution in [0.5, 0.6) is 0 Å². The number of aromatic nitrogens is 2. The first kappa shape index (κ1) is 14.9. The van der Waals surface area contributed by atoms with Gasteiger partial charge in [-0.2, -0.15) is 0 Å². The van der Waals surface area contributed by atoms with Crippen LogP contribution in [0.4, 0.5) is 10.4 Å². The first-order valence-corrected chi connectivity index (χ1v) is 7.01. The van der Waals surface area contributed by atoms with Gasteiger partial charge in [0, 0.05) is 11.1 Å². The fraction of sp³-hybridized carbons (Fsp3) is 0.118. The molecule has 0 fully saturated rings.